The third-order valence-electron chi connectivity index (χ3n) is 6.04. The molecule has 2 aliphatic rings. The number of nitrogens with one attached hydrogen (secondary N) is 2. The van der Waals surface area contributed by atoms with E-state index in [9.17, 15) is 8.78 Å². The summed E-state index contributed by atoms with van der Waals surface area (Å²) in [6, 6.07) is 3.67. The molecule has 0 radical (unpaired) electrons. The predicted molar refractivity (Wildman–Crippen MR) is 126 cm³/mol. The molecule has 1 saturated carbocycles. The zero-order valence-corrected chi connectivity index (χ0v) is 18.8. The zero-order valence-electron chi connectivity index (χ0n) is 18.8. The van der Waals surface area contributed by atoms with E-state index in [-0.39, 0.29) is 11.3 Å². The van der Waals surface area contributed by atoms with Crippen LogP contribution in [0.25, 0.3) is 5.57 Å². The molecule has 0 unspecified atom stereocenters. The lowest BCUT2D eigenvalue weighted by Crippen LogP contribution is -2.38. The molecule has 31 heavy (non-hydrogen) atoms. The van der Waals surface area contributed by atoms with Gasteiger partial charge in [-0.05, 0) is 82.1 Å². The Labute approximate surface area is 184 Å². The minimum Gasteiger partial charge on any atom is -0.386 e. The van der Waals surface area contributed by atoms with E-state index in [1.807, 2.05) is 13.0 Å². The first-order chi connectivity index (χ1) is 14.8. The number of anilines is 1. The molecule has 0 spiro atoms. The van der Waals surface area contributed by atoms with Crippen molar-refractivity contribution in [1.29, 1.82) is 0 Å². The Kier molecular flexibility index (Phi) is 7.44. The van der Waals surface area contributed by atoms with Crippen molar-refractivity contribution >= 4 is 17.0 Å². The quantitative estimate of drug-likeness (QED) is 0.650. The third-order valence-corrected chi connectivity index (χ3v) is 6.04. The molecule has 0 aliphatic heterocycles. The summed E-state index contributed by atoms with van der Waals surface area (Å²) in [4.78, 5) is 6.93. The molecule has 1 aromatic carbocycles. The van der Waals surface area contributed by atoms with Gasteiger partial charge >= 0.3 is 0 Å². The van der Waals surface area contributed by atoms with E-state index in [0.29, 0.717) is 23.5 Å². The Morgan fingerprint density at radius 2 is 1.87 bits per heavy atom. The lowest BCUT2D eigenvalue weighted by atomic mass is 9.90. The Hall–Kier alpha value is -2.73. The number of halogens is 2. The molecule has 1 aromatic rings. The molecule has 0 saturated heterocycles. The van der Waals surface area contributed by atoms with E-state index < -0.39 is 11.6 Å². The maximum Gasteiger partial charge on any atom is 0.157 e. The van der Waals surface area contributed by atoms with Crippen LogP contribution < -0.4 is 10.6 Å². The van der Waals surface area contributed by atoms with Gasteiger partial charge in [0.1, 0.15) is 11.6 Å². The van der Waals surface area contributed by atoms with Crippen LogP contribution in [-0.4, -0.2) is 43.8 Å². The second kappa shape index (κ2) is 10.1. The molecule has 2 N–H and O–H groups in total. The van der Waals surface area contributed by atoms with Gasteiger partial charge in [-0.25, -0.2) is 13.8 Å². The van der Waals surface area contributed by atoms with Crippen molar-refractivity contribution in [1.82, 2.24) is 10.2 Å². The van der Waals surface area contributed by atoms with E-state index in [1.165, 1.54) is 12.1 Å². The van der Waals surface area contributed by atoms with Gasteiger partial charge in [-0.15, -0.1) is 0 Å². The van der Waals surface area contributed by atoms with E-state index in [2.05, 4.69) is 41.2 Å². The lowest BCUT2D eigenvalue weighted by Gasteiger charge is -2.33. The van der Waals surface area contributed by atoms with Gasteiger partial charge in [0.05, 0.1) is 17.0 Å². The summed E-state index contributed by atoms with van der Waals surface area (Å²) < 4.78 is 29.1. The molecule has 0 amide bonds. The number of aliphatic imine (C=N–C) groups is 1. The second-order valence-corrected chi connectivity index (χ2v) is 8.27. The molecule has 166 valence electrons. The second-order valence-electron chi connectivity index (χ2n) is 8.27. The summed E-state index contributed by atoms with van der Waals surface area (Å²) in [6.07, 6.45) is 11.6. The van der Waals surface area contributed by atoms with Crippen LogP contribution in [0.1, 0.15) is 38.2 Å². The average molecular weight is 427 g/mol. The summed E-state index contributed by atoms with van der Waals surface area (Å²) in [6.45, 7) is 5.96. The number of nitrogens with zero attached hydrogens (tertiary/aromatic N) is 2. The lowest BCUT2D eigenvalue weighted by molar-refractivity contribution is 0.208. The van der Waals surface area contributed by atoms with Gasteiger partial charge in [0.2, 0.25) is 0 Å². The fourth-order valence-corrected chi connectivity index (χ4v) is 4.20. The summed E-state index contributed by atoms with van der Waals surface area (Å²) in [5.41, 5.74) is 2.20. The first-order valence-corrected chi connectivity index (χ1v) is 10.8. The van der Waals surface area contributed by atoms with Gasteiger partial charge in [-0.1, -0.05) is 18.7 Å². The summed E-state index contributed by atoms with van der Waals surface area (Å²) in [5, 5.41) is 6.19. The van der Waals surface area contributed by atoms with Gasteiger partial charge in [0, 0.05) is 19.1 Å². The predicted octanol–water partition coefficient (Wildman–Crippen LogP) is 5.28. The standard InChI is InChI=1S/C25H32F2N4/c1-6-17-15-18(24-21(26)12-14-23(28-3)25(24)27)7-13-22(17)30-16(2)29-19-8-10-20(11-9-19)31(4)5/h6-7,12-15,19-20,28-29H,2,8-11H2,1,3-5H3/b17-6-,30-22-. The highest BCUT2D eigenvalue weighted by atomic mass is 19.1. The molecular formula is C25H32F2N4. The van der Waals surface area contributed by atoms with Crippen molar-refractivity contribution in [2.75, 3.05) is 26.5 Å². The fraction of sp³-hybridized carbons (Fsp3) is 0.400. The Morgan fingerprint density at radius 3 is 2.48 bits per heavy atom. The number of allylic oxidation sites excluding steroid dienone is 6. The average Bonchev–Trinajstić information content (AvgIpc) is 2.75. The van der Waals surface area contributed by atoms with Crippen molar-refractivity contribution in [3.05, 3.63) is 71.6 Å². The molecular weight excluding hydrogens is 394 g/mol. The molecule has 0 bridgehead atoms. The number of benzene rings is 1. The summed E-state index contributed by atoms with van der Waals surface area (Å²) >= 11 is 0. The van der Waals surface area contributed by atoms with Crippen LogP contribution in [0.2, 0.25) is 0 Å². The largest absolute Gasteiger partial charge is 0.386 e. The molecule has 0 heterocycles. The summed E-state index contributed by atoms with van der Waals surface area (Å²) in [5.74, 6) is -0.588. The van der Waals surface area contributed by atoms with Gasteiger partial charge in [0.25, 0.3) is 0 Å². The van der Waals surface area contributed by atoms with Crippen molar-refractivity contribution in [3.8, 4) is 0 Å². The van der Waals surface area contributed by atoms with Crippen LogP contribution in [0.4, 0.5) is 14.5 Å². The van der Waals surface area contributed by atoms with E-state index in [4.69, 9.17) is 0 Å². The number of hydrogen-bond acceptors (Lipinski definition) is 4. The van der Waals surface area contributed by atoms with Gasteiger partial charge < -0.3 is 15.5 Å². The first kappa shape index (κ1) is 22.9. The highest BCUT2D eigenvalue weighted by Gasteiger charge is 2.23. The third kappa shape index (κ3) is 5.31. The van der Waals surface area contributed by atoms with E-state index in [0.717, 1.165) is 37.0 Å². The number of rotatable bonds is 6. The number of hydrogen-bond donors (Lipinski definition) is 2. The van der Waals surface area contributed by atoms with E-state index >= 15 is 0 Å². The fourth-order valence-electron chi connectivity index (χ4n) is 4.20. The molecule has 1 fully saturated rings. The minimum atomic E-state index is -0.603. The molecule has 6 heteroatoms. The maximum atomic E-state index is 14.7. The van der Waals surface area contributed by atoms with Crippen molar-refractivity contribution in [3.63, 3.8) is 0 Å². The molecule has 0 atom stereocenters. The monoisotopic (exact) mass is 426 g/mol. The molecule has 2 aliphatic carbocycles. The highest BCUT2D eigenvalue weighted by molar-refractivity contribution is 6.15. The molecule has 4 nitrogen and oxygen atoms in total. The van der Waals surface area contributed by atoms with Crippen LogP contribution >= 0.6 is 0 Å². The zero-order chi connectivity index (χ0) is 22.5. The Bertz CT molecular complexity index is 949. The summed E-state index contributed by atoms with van der Waals surface area (Å²) in [7, 11) is 5.87. The Morgan fingerprint density at radius 1 is 1.16 bits per heavy atom. The minimum absolute atomic E-state index is 0.0453. The first-order valence-electron chi connectivity index (χ1n) is 10.8. The van der Waals surface area contributed by atoms with Crippen molar-refractivity contribution in [2.45, 2.75) is 44.7 Å². The molecule has 0 aromatic heterocycles. The topological polar surface area (TPSA) is 39.7 Å². The van der Waals surface area contributed by atoms with Gasteiger partial charge in [-0.3, -0.25) is 0 Å². The van der Waals surface area contributed by atoms with Crippen molar-refractivity contribution < 1.29 is 8.78 Å². The van der Waals surface area contributed by atoms with Gasteiger partial charge in [-0.2, -0.15) is 0 Å². The Balaban J connectivity index is 1.73. The van der Waals surface area contributed by atoms with Crippen LogP contribution in [0.3, 0.4) is 0 Å². The van der Waals surface area contributed by atoms with Crippen LogP contribution in [-0.2, 0) is 0 Å². The normalized spacial score (nSPS) is 23.9. The van der Waals surface area contributed by atoms with E-state index in [1.54, 1.807) is 25.3 Å². The SMILES string of the molecule is C=C(/N=C1/C=CC(c2c(F)ccc(NC)c2F)=C/C1=C/C)NC1CCC(N(C)C)CC1. The maximum absolute atomic E-state index is 14.7. The highest BCUT2D eigenvalue weighted by Crippen LogP contribution is 2.31. The van der Waals surface area contributed by atoms with Gasteiger partial charge in [0.15, 0.2) is 5.82 Å². The van der Waals surface area contributed by atoms with Crippen LogP contribution in [0.15, 0.2) is 59.4 Å². The molecule has 3 rings (SSSR count). The van der Waals surface area contributed by atoms with Crippen LogP contribution in [0, 0.1) is 11.6 Å². The van der Waals surface area contributed by atoms with Crippen molar-refractivity contribution in [2.24, 2.45) is 4.99 Å². The smallest absolute Gasteiger partial charge is 0.157 e. The van der Waals surface area contributed by atoms with Crippen LogP contribution in [0.5, 0.6) is 0 Å².